The maximum Gasteiger partial charge on any atom is 0.234 e. The van der Waals surface area contributed by atoms with Gasteiger partial charge in [0.05, 0.1) is 25.4 Å². The van der Waals surface area contributed by atoms with Crippen molar-refractivity contribution in [3.63, 3.8) is 0 Å². The van der Waals surface area contributed by atoms with Crippen LogP contribution >= 0.6 is 0 Å². The molecule has 0 aliphatic heterocycles. The maximum atomic E-state index is 11.6. The number of nitrogens with one attached hydrogen (secondary N) is 2. The van der Waals surface area contributed by atoms with Crippen molar-refractivity contribution in [2.45, 2.75) is 26.1 Å². The van der Waals surface area contributed by atoms with Crippen LogP contribution in [-0.2, 0) is 9.53 Å². The molecule has 0 fully saturated rings. The highest BCUT2D eigenvalue weighted by atomic mass is 16.5. The predicted molar refractivity (Wildman–Crippen MR) is 84.9 cm³/mol. The Hall–Kier alpha value is -1.63. The topological polar surface area (TPSA) is 79.8 Å². The van der Waals surface area contributed by atoms with Crippen LogP contribution in [0.1, 0.15) is 25.5 Å². The molecule has 0 saturated carbocycles. The standard InChI is InChI=1S/C16H26N2O4/c1-12(2)22-14-6-4-5-13(9-14)15(19)10-18-16(20)11-17-7-8-21-3/h4-6,9,12,15,17,19H,7-8,10-11H2,1-3H3,(H,18,20). The molecule has 1 amide bonds. The number of rotatable bonds is 10. The van der Waals surface area contributed by atoms with Gasteiger partial charge < -0.3 is 25.2 Å². The van der Waals surface area contributed by atoms with Crippen LogP contribution in [-0.4, -0.2) is 50.5 Å². The van der Waals surface area contributed by atoms with Gasteiger partial charge in [-0.15, -0.1) is 0 Å². The summed E-state index contributed by atoms with van der Waals surface area (Å²) in [5, 5.41) is 15.8. The maximum absolute atomic E-state index is 11.6. The molecule has 6 heteroatoms. The third-order valence-electron chi connectivity index (χ3n) is 2.88. The lowest BCUT2D eigenvalue weighted by Crippen LogP contribution is -2.37. The summed E-state index contributed by atoms with van der Waals surface area (Å²) in [5.74, 6) is 0.545. The van der Waals surface area contributed by atoms with E-state index < -0.39 is 6.10 Å². The molecule has 0 saturated heterocycles. The Kier molecular flexibility index (Phi) is 8.50. The van der Waals surface area contributed by atoms with Crippen LogP contribution in [0.4, 0.5) is 0 Å². The van der Waals surface area contributed by atoms with E-state index in [0.29, 0.717) is 24.5 Å². The molecule has 1 unspecified atom stereocenters. The minimum absolute atomic E-state index is 0.0743. The molecule has 1 aromatic rings. The highest BCUT2D eigenvalue weighted by Crippen LogP contribution is 2.19. The van der Waals surface area contributed by atoms with Crippen LogP contribution < -0.4 is 15.4 Å². The quantitative estimate of drug-likeness (QED) is 0.559. The number of aliphatic hydroxyl groups excluding tert-OH is 1. The Morgan fingerprint density at radius 3 is 2.82 bits per heavy atom. The van der Waals surface area contributed by atoms with Gasteiger partial charge in [0.25, 0.3) is 0 Å². The van der Waals surface area contributed by atoms with Gasteiger partial charge in [-0.3, -0.25) is 4.79 Å². The van der Waals surface area contributed by atoms with Crippen molar-refractivity contribution >= 4 is 5.91 Å². The van der Waals surface area contributed by atoms with E-state index in [1.165, 1.54) is 0 Å². The largest absolute Gasteiger partial charge is 0.491 e. The molecule has 3 N–H and O–H groups in total. The SMILES string of the molecule is COCCNCC(=O)NCC(O)c1cccc(OC(C)C)c1. The van der Waals surface area contributed by atoms with Crippen molar-refractivity contribution in [3.05, 3.63) is 29.8 Å². The number of carbonyl (C=O) groups is 1. The lowest BCUT2D eigenvalue weighted by Gasteiger charge is -2.15. The van der Waals surface area contributed by atoms with E-state index in [9.17, 15) is 9.90 Å². The lowest BCUT2D eigenvalue weighted by atomic mass is 10.1. The predicted octanol–water partition coefficient (Wildman–Crippen LogP) is 0.859. The molecule has 22 heavy (non-hydrogen) atoms. The van der Waals surface area contributed by atoms with E-state index >= 15 is 0 Å². The number of methoxy groups -OCH3 is 1. The Balaban J connectivity index is 2.38. The van der Waals surface area contributed by atoms with Crippen molar-refractivity contribution in [3.8, 4) is 5.75 Å². The summed E-state index contributed by atoms with van der Waals surface area (Å²) in [6, 6.07) is 7.26. The fourth-order valence-corrected chi connectivity index (χ4v) is 1.83. The van der Waals surface area contributed by atoms with Crippen molar-refractivity contribution < 1.29 is 19.4 Å². The first-order valence-corrected chi connectivity index (χ1v) is 7.44. The molecule has 0 heterocycles. The van der Waals surface area contributed by atoms with Gasteiger partial charge in [-0.05, 0) is 31.5 Å². The van der Waals surface area contributed by atoms with Gasteiger partial charge in [-0.25, -0.2) is 0 Å². The number of hydrogen-bond acceptors (Lipinski definition) is 5. The van der Waals surface area contributed by atoms with Crippen LogP contribution in [0.5, 0.6) is 5.75 Å². The van der Waals surface area contributed by atoms with Crippen molar-refractivity contribution in [1.82, 2.24) is 10.6 Å². The lowest BCUT2D eigenvalue weighted by molar-refractivity contribution is -0.120. The Morgan fingerprint density at radius 2 is 2.14 bits per heavy atom. The second-order valence-corrected chi connectivity index (χ2v) is 5.23. The zero-order valence-corrected chi connectivity index (χ0v) is 13.5. The summed E-state index contributed by atoms with van der Waals surface area (Å²) >= 11 is 0. The number of carbonyl (C=O) groups excluding carboxylic acids is 1. The zero-order chi connectivity index (χ0) is 16.4. The van der Waals surface area contributed by atoms with Gasteiger partial charge >= 0.3 is 0 Å². The van der Waals surface area contributed by atoms with E-state index in [1.54, 1.807) is 19.2 Å². The average Bonchev–Trinajstić information content (AvgIpc) is 2.49. The second-order valence-electron chi connectivity index (χ2n) is 5.23. The number of hydrogen-bond donors (Lipinski definition) is 3. The first-order chi connectivity index (χ1) is 10.5. The Labute approximate surface area is 131 Å². The minimum Gasteiger partial charge on any atom is -0.491 e. The monoisotopic (exact) mass is 310 g/mol. The summed E-state index contributed by atoms with van der Waals surface area (Å²) in [4.78, 5) is 11.6. The smallest absolute Gasteiger partial charge is 0.234 e. The number of ether oxygens (including phenoxy) is 2. The Bertz CT molecular complexity index is 452. The fraction of sp³-hybridized carbons (Fsp3) is 0.562. The first-order valence-electron chi connectivity index (χ1n) is 7.44. The average molecular weight is 310 g/mol. The number of aliphatic hydroxyl groups is 1. The number of benzene rings is 1. The van der Waals surface area contributed by atoms with Gasteiger partial charge in [0.1, 0.15) is 5.75 Å². The van der Waals surface area contributed by atoms with Gasteiger partial charge in [0.15, 0.2) is 0 Å². The molecule has 0 aliphatic carbocycles. The molecule has 1 rings (SSSR count). The van der Waals surface area contributed by atoms with Crippen LogP contribution in [0.2, 0.25) is 0 Å². The molecule has 124 valence electrons. The molecule has 1 atom stereocenters. The Morgan fingerprint density at radius 1 is 1.36 bits per heavy atom. The molecule has 0 bridgehead atoms. The minimum atomic E-state index is -0.765. The van der Waals surface area contributed by atoms with E-state index in [4.69, 9.17) is 9.47 Å². The molecule has 6 nitrogen and oxygen atoms in total. The third-order valence-corrected chi connectivity index (χ3v) is 2.88. The van der Waals surface area contributed by atoms with Gasteiger partial charge in [-0.1, -0.05) is 12.1 Å². The van der Waals surface area contributed by atoms with Gasteiger partial charge in [0.2, 0.25) is 5.91 Å². The molecular formula is C16H26N2O4. The van der Waals surface area contributed by atoms with E-state index in [2.05, 4.69) is 10.6 Å². The van der Waals surface area contributed by atoms with E-state index in [0.717, 1.165) is 0 Å². The van der Waals surface area contributed by atoms with Crippen molar-refractivity contribution in [2.24, 2.45) is 0 Å². The van der Waals surface area contributed by atoms with Crippen molar-refractivity contribution in [2.75, 3.05) is 33.4 Å². The summed E-state index contributed by atoms with van der Waals surface area (Å²) in [5.41, 5.74) is 0.714. The van der Waals surface area contributed by atoms with Gasteiger partial charge in [-0.2, -0.15) is 0 Å². The molecule has 0 aromatic heterocycles. The highest BCUT2D eigenvalue weighted by Gasteiger charge is 2.10. The van der Waals surface area contributed by atoms with Crippen LogP contribution in [0.25, 0.3) is 0 Å². The third kappa shape index (κ3) is 7.40. The van der Waals surface area contributed by atoms with Crippen LogP contribution in [0.3, 0.4) is 0 Å². The normalized spacial score (nSPS) is 12.2. The van der Waals surface area contributed by atoms with E-state index in [1.807, 2.05) is 26.0 Å². The van der Waals surface area contributed by atoms with Crippen LogP contribution in [0, 0.1) is 0 Å². The summed E-state index contributed by atoms with van der Waals surface area (Å²) < 4.78 is 10.5. The second kappa shape index (κ2) is 10.2. The molecule has 0 spiro atoms. The van der Waals surface area contributed by atoms with Gasteiger partial charge in [0, 0.05) is 20.2 Å². The molecular weight excluding hydrogens is 284 g/mol. The number of amides is 1. The fourth-order valence-electron chi connectivity index (χ4n) is 1.83. The molecule has 0 radical (unpaired) electrons. The van der Waals surface area contributed by atoms with Crippen LogP contribution in [0.15, 0.2) is 24.3 Å². The summed E-state index contributed by atoms with van der Waals surface area (Å²) in [6.45, 7) is 5.42. The summed E-state index contributed by atoms with van der Waals surface area (Å²) in [7, 11) is 1.61. The highest BCUT2D eigenvalue weighted by molar-refractivity contribution is 5.78. The van der Waals surface area contributed by atoms with E-state index in [-0.39, 0.29) is 25.1 Å². The first kappa shape index (κ1) is 18.4. The zero-order valence-electron chi connectivity index (χ0n) is 13.5. The molecule has 0 aliphatic rings. The summed E-state index contributed by atoms with van der Waals surface area (Å²) in [6.07, 6.45) is -0.691. The molecule has 1 aromatic carbocycles. The van der Waals surface area contributed by atoms with Crippen molar-refractivity contribution in [1.29, 1.82) is 0 Å².